The first kappa shape index (κ1) is 11.2. The van der Waals surface area contributed by atoms with E-state index in [1.807, 2.05) is 6.07 Å². The van der Waals surface area contributed by atoms with Crippen molar-refractivity contribution in [2.24, 2.45) is 5.92 Å². The molecule has 1 saturated heterocycles. The van der Waals surface area contributed by atoms with Crippen molar-refractivity contribution in [2.75, 3.05) is 0 Å². The fourth-order valence-electron chi connectivity index (χ4n) is 2.66. The van der Waals surface area contributed by atoms with Gasteiger partial charge in [-0.2, -0.15) is 0 Å². The van der Waals surface area contributed by atoms with Crippen LogP contribution >= 0.6 is 0 Å². The fraction of sp³-hybridized carbons (Fsp3) is 0.462. The van der Waals surface area contributed by atoms with Gasteiger partial charge in [0, 0.05) is 18.7 Å². The van der Waals surface area contributed by atoms with E-state index in [1.54, 1.807) is 23.2 Å². The molecule has 5 heteroatoms. The summed E-state index contributed by atoms with van der Waals surface area (Å²) in [5.41, 5.74) is 0.683. The second-order valence-electron chi connectivity index (χ2n) is 4.88. The van der Waals surface area contributed by atoms with Crippen LogP contribution in [0.3, 0.4) is 0 Å². The molecule has 2 atom stereocenters. The minimum absolute atomic E-state index is 0.0550. The Bertz CT molecular complexity index is 484. The number of likely N-dealkylation sites (tertiary alicyclic amines) is 1. The third-order valence-electron chi connectivity index (χ3n) is 3.61. The first-order chi connectivity index (χ1) is 8.68. The predicted molar refractivity (Wildman–Crippen MR) is 62.6 cm³/mol. The van der Waals surface area contributed by atoms with E-state index >= 15 is 0 Å². The Morgan fingerprint density at radius 2 is 2.17 bits per heavy atom. The van der Waals surface area contributed by atoms with E-state index < -0.39 is 17.9 Å². The smallest absolute Gasteiger partial charge is 0.309 e. The molecule has 1 aromatic heterocycles. The number of aromatic nitrogens is 1. The summed E-state index contributed by atoms with van der Waals surface area (Å²) in [4.78, 5) is 29.3. The van der Waals surface area contributed by atoms with Crippen molar-refractivity contribution in [3.63, 3.8) is 0 Å². The lowest BCUT2D eigenvalue weighted by Crippen LogP contribution is -2.32. The molecule has 0 aromatic carbocycles. The number of carbonyl (C=O) groups excluding carboxylic acids is 1. The van der Waals surface area contributed by atoms with Crippen LogP contribution in [0.15, 0.2) is 24.4 Å². The Hall–Kier alpha value is -1.91. The van der Waals surface area contributed by atoms with Crippen LogP contribution in [0.1, 0.15) is 31.0 Å². The first-order valence-corrected chi connectivity index (χ1v) is 6.13. The fourth-order valence-corrected chi connectivity index (χ4v) is 2.66. The van der Waals surface area contributed by atoms with Crippen molar-refractivity contribution in [1.82, 2.24) is 9.88 Å². The Kier molecular flexibility index (Phi) is 2.54. The van der Waals surface area contributed by atoms with Gasteiger partial charge >= 0.3 is 5.97 Å². The number of pyridine rings is 1. The number of nitrogens with zero attached hydrogens (tertiary/aromatic N) is 2. The molecule has 1 aromatic rings. The molecule has 2 fully saturated rings. The SMILES string of the molecule is O=C(O)[C@H]1CC(=O)N(C2CC2)[C@H]1c1ccccn1. The van der Waals surface area contributed by atoms with Crippen LogP contribution in [-0.4, -0.2) is 32.9 Å². The van der Waals surface area contributed by atoms with Crippen LogP contribution in [0.2, 0.25) is 0 Å². The molecule has 3 rings (SSSR count). The summed E-state index contributed by atoms with van der Waals surface area (Å²) in [6.07, 6.45) is 3.68. The Morgan fingerprint density at radius 3 is 2.72 bits per heavy atom. The van der Waals surface area contributed by atoms with Crippen LogP contribution in [0.5, 0.6) is 0 Å². The normalized spacial score (nSPS) is 27.6. The molecule has 1 saturated carbocycles. The average Bonchev–Trinajstić information content (AvgIpc) is 3.13. The van der Waals surface area contributed by atoms with E-state index in [0.717, 1.165) is 12.8 Å². The summed E-state index contributed by atoms with van der Waals surface area (Å²) in [6.45, 7) is 0. The molecule has 1 N–H and O–H groups in total. The molecule has 1 amide bonds. The lowest BCUT2D eigenvalue weighted by molar-refractivity contribution is -0.142. The second-order valence-corrected chi connectivity index (χ2v) is 4.88. The highest BCUT2D eigenvalue weighted by Gasteiger charge is 2.50. The largest absolute Gasteiger partial charge is 0.481 e. The zero-order valence-electron chi connectivity index (χ0n) is 9.82. The topological polar surface area (TPSA) is 70.5 Å². The zero-order valence-corrected chi connectivity index (χ0v) is 9.82. The number of amides is 1. The lowest BCUT2D eigenvalue weighted by atomic mass is 9.97. The third kappa shape index (κ3) is 1.75. The zero-order chi connectivity index (χ0) is 12.7. The maximum atomic E-state index is 12.0. The summed E-state index contributed by atoms with van der Waals surface area (Å²) in [5.74, 6) is -1.64. The van der Waals surface area contributed by atoms with Crippen molar-refractivity contribution in [1.29, 1.82) is 0 Å². The third-order valence-corrected chi connectivity index (χ3v) is 3.61. The van der Waals surface area contributed by atoms with Gasteiger partial charge in [0.25, 0.3) is 0 Å². The van der Waals surface area contributed by atoms with Gasteiger partial charge in [0.05, 0.1) is 17.7 Å². The van der Waals surface area contributed by atoms with Crippen LogP contribution in [0.4, 0.5) is 0 Å². The van der Waals surface area contributed by atoms with E-state index in [2.05, 4.69) is 4.98 Å². The minimum atomic E-state index is -0.915. The van der Waals surface area contributed by atoms with E-state index in [9.17, 15) is 14.7 Å². The molecule has 0 spiro atoms. The number of carboxylic acids is 1. The Balaban J connectivity index is 1.99. The standard InChI is InChI=1S/C13H14N2O3/c16-11-7-9(13(17)18)12(15(11)8-4-5-8)10-3-1-2-6-14-10/h1-3,6,8-9,12H,4-5,7H2,(H,17,18)/t9-,12+/m0/s1. The maximum absolute atomic E-state index is 12.0. The van der Waals surface area contributed by atoms with Gasteiger partial charge in [-0.05, 0) is 25.0 Å². The number of carbonyl (C=O) groups is 2. The highest BCUT2D eigenvalue weighted by atomic mass is 16.4. The van der Waals surface area contributed by atoms with Crippen molar-refractivity contribution in [3.05, 3.63) is 30.1 Å². The van der Waals surface area contributed by atoms with Gasteiger partial charge in [-0.15, -0.1) is 0 Å². The molecule has 1 aliphatic carbocycles. The van der Waals surface area contributed by atoms with E-state index in [1.165, 1.54) is 0 Å². The number of hydrogen-bond acceptors (Lipinski definition) is 3. The van der Waals surface area contributed by atoms with Crippen molar-refractivity contribution >= 4 is 11.9 Å². The average molecular weight is 246 g/mol. The quantitative estimate of drug-likeness (QED) is 0.870. The summed E-state index contributed by atoms with van der Waals surface area (Å²) in [7, 11) is 0. The monoisotopic (exact) mass is 246 g/mol. The molecule has 18 heavy (non-hydrogen) atoms. The Morgan fingerprint density at radius 1 is 1.39 bits per heavy atom. The number of aliphatic carboxylic acids is 1. The predicted octanol–water partition coefficient (Wildman–Crippen LogP) is 1.22. The molecular formula is C13H14N2O3. The molecule has 2 aliphatic rings. The van der Waals surface area contributed by atoms with Gasteiger partial charge in [0.2, 0.25) is 5.91 Å². The molecule has 2 heterocycles. The van der Waals surface area contributed by atoms with Crippen molar-refractivity contribution < 1.29 is 14.7 Å². The molecule has 1 aliphatic heterocycles. The molecule has 0 radical (unpaired) electrons. The number of hydrogen-bond donors (Lipinski definition) is 1. The van der Waals surface area contributed by atoms with Crippen LogP contribution in [-0.2, 0) is 9.59 Å². The van der Waals surface area contributed by atoms with E-state index in [4.69, 9.17) is 0 Å². The van der Waals surface area contributed by atoms with Gasteiger partial charge in [0.15, 0.2) is 0 Å². The number of rotatable bonds is 3. The molecule has 5 nitrogen and oxygen atoms in total. The van der Waals surface area contributed by atoms with Gasteiger partial charge in [-0.1, -0.05) is 6.07 Å². The lowest BCUT2D eigenvalue weighted by Gasteiger charge is -2.26. The second kappa shape index (κ2) is 4.08. The first-order valence-electron chi connectivity index (χ1n) is 6.13. The van der Waals surface area contributed by atoms with E-state index in [-0.39, 0.29) is 18.4 Å². The summed E-state index contributed by atoms with van der Waals surface area (Å²) in [6, 6.07) is 5.24. The van der Waals surface area contributed by atoms with Crippen LogP contribution in [0, 0.1) is 5.92 Å². The maximum Gasteiger partial charge on any atom is 0.309 e. The molecule has 94 valence electrons. The van der Waals surface area contributed by atoms with Crippen LogP contribution in [0.25, 0.3) is 0 Å². The summed E-state index contributed by atoms with van der Waals surface area (Å²) >= 11 is 0. The molecule has 0 unspecified atom stereocenters. The van der Waals surface area contributed by atoms with E-state index in [0.29, 0.717) is 5.69 Å². The number of carboxylic acid groups (broad SMARTS) is 1. The van der Waals surface area contributed by atoms with Crippen LogP contribution < -0.4 is 0 Å². The molecule has 0 bridgehead atoms. The summed E-state index contributed by atoms with van der Waals surface area (Å²) in [5, 5.41) is 9.28. The van der Waals surface area contributed by atoms with Gasteiger partial charge < -0.3 is 10.0 Å². The minimum Gasteiger partial charge on any atom is -0.481 e. The van der Waals surface area contributed by atoms with Gasteiger partial charge in [0.1, 0.15) is 0 Å². The van der Waals surface area contributed by atoms with Crippen molar-refractivity contribution in [3.8, 4) is 0 Å². The highest BCUT2D eigenvalue weighted by molar-refractivity contribution is 5.87. The highest BCUT2D eigenvalue weighted by Crippen LogP contribution is 2.44. The Labute approximate surface area is 104 Å². The molecular weight excluding hydrogens is 232 g/mol. The summed E-state index contributed by atoms with van der Waals surface area (Å²) < 4.78 is 0. The van der Waals surface area contributed by atoms with Gasteiger partial charge in [-0.25, -0.2) is 0 Å². The van der Waals surface area contributed by atoms with Crippen molar-refractivity contribution in [2.45, 2.75) is 31.3 Å². The van der Waals surface area contributed by atoms with Gasteiger partial charge in [-0.3, -0.25) is 14.6 Å².